The van der Waals surface area contributed by atoms with Gasteiger partial charge in [-0.05, 0) is 32.1 Å². The molecule has 1 nitrogen and oxygen atoms in total. The largest absolute Gasteiger partial charge is 0.396 e. The van der Waals surface area contributed by atoms with E-state index in [9.17, 15) is 0 Å². The summed E-state index contributed by atoms with van der Waals surface area (Å²) in [5.74, 6) is 0. The fourth-order valence-electron chi connectivity index (χ4n) is 2.06. The second-order valence-electron chi connectivity index (χ2n) is 5.03. The maximum absolute atomic E-state index is 8.65. The minimum Gasteiger partial charge on any atom is -0.396 e. The summed E-state index contributed by atoms with van der Waals surface area (Å²) in [5, 5.41) is 8.65. The van der Waals surface area contributed by atoms with Crippen molar-refractivity contribution in [2.45, 2.75) is 77.0 Å². The second-order valence-corrected chi connectivity index (χ2v) is 5.03. The van der Waals surface area contributed by atoms with Gasteiger partial charge < -0.3 is 5.11 Å². The van der Waals surface area contributed by atoms with Gasteiger partial charge in [0.2, 0.25) is 0 Å². The van der Waals surface area contributed by atoms with Crippen molar-refractivity contribution in [1.82, 2.24) is 0 Å². The van der Waals surface area contributed by atoms with Crippen molar-refractivity contribution in [3.63, 3.8) is 0 Å². The van der Waals surface area contributed by atoms with Crippen LogP contribution in [0.3, 0.4) is 0 Å². The highest BCUT2D eigenvalue weighted by Gasteiger charge is 1.91. The monoisotopic (exact) mass is 252 g/mol. The van der Waals surface area contributed by atoms with E-state index in [-0.39, 0.29) is 0 Å². The van der Waals surface area contributed by atoms with E-state index in [1.54, 1.807) is 0 Å². The molecule has 0 aliphatic rings. The van der Waals surface area contributed by atoms with Crippen LogP contribution in [0.5, 0.6) is 0 Å². The Balaban J connectivity index is 2.98. The van der Waals surface area contributed by atoms with Gasteiger partial charge in [0.05, 0.1) is 0 Å². The van der Waals surface area contributed by atoms with E-state index >= 15 is 0 Å². The molecule has 106 valence electrons. The molecule has 1 heteroatoms. The van der Waals surface area contributed by atoms with Crippen LogP contribution in [-0.2, 0) is 0 Å². The highest BCUT2D eigenvalue weighted by molar-refractivity contribution is 4.84. The van der Waals surface area contributed by atoms with Gasteiger partial charge in [-0.2, -0.15) is 0 Å². The number of aliphatic hydroxyl groups excluding tert-OH is 1. The highest BCUT2D eigenvalue weighted by Crippen LogP contribution is 2.10. The Morgan fingerprint density at radius 2 is 1.11 bits per heavy atom. The van der Waals surface area contributed by atoms with Gasteiger partial charge >= 0.3 is 0 Å². The lowest BCUT2D eigenvalue weighted by Gasteiger charge is -2.01. The van der Waals surface area contributed by atoms with Gasteiger partial charge in [0, 0.05) is 6.61 Å². The second kappa shape index (κ2) is 16.4. The predicted molar refractivity (Wildman–Crippen MR) is 81.8 cm³/mol. The molecule has 0 bridgehead atoms. The molecular weight excluding hydrogens is 220 g/mol. The Morgan fingerprint density at radius 1 is 0.611 bits per heavy atom. The molecule has 0 heterocycles. The molecule has 0 aromatic carbocycles. The van der Waals surface area contributed by atoms with Gasteiger partial charge in [-0.25, -0.2) is 0 Å². The molecule has 0 unspecified atom stereocenters. The van der Waals surface area contributed by atoms with Crippen LogP contribution in [0.1, 0.15) is 77.0 Å². The van der Waals surface area contributed by atoms with E-state index < -0.39 is 0 Å². The van der Waals surface area contributed by atoms with E-state index in [4.69, 9.17) is 5.11 Å². The van der Waals surface area contributed by atoms with Crippen LogP contribution in [0.15, 0.2) is 24.8 Å². The maximum Gasteiger partial charge on any atom is 0.0431 e. The smallest absolute Gasteiger partial charge is 0.0431 e. The summed E-state index contributed by atoms with van der Waals surface area (Å²) in [6.45, 7) is 4.07. The van der Waals surface area contributed by atoms with Crippen molar-refractivity contribution < 1.29 is 5.11 Å². The summed E-state index contributed by atoms with van der Waals surface area (Å²) in [6.07, 6.45) is 21.8. The summed E-state index contributed by atoms with van der Waals surface area (Å²) < 4.78 is 0. The van der Waals surface area contributed by atoms with Crippen LogP contribution in [0.4, 0.5) is 0 Å². The van der Waals surface area contributed by atoms with Crippen molar-refractivity contribution in [1.29, 1.82) is 0 Å². The van der Waals surface area contributed by atoms with E-state index in [0.29, 0.717) is 6.61 Å². The molecule has 0 aromatic heterocycles. The summed E-state index contributed by atoms with van der Waals surface area (Å²) in [6, 6.07) is 0. The van der Waals surface area contributed by atoms with Crippen LogP contribution < -0.4 is 0 Å². The molecule has 0 aliphatic heterocycles. The Morgan fingerprint density at radius 3 is 1.67 bits per heavy atom. The third-order valence-electron chi connectivity index (χ3n) is 3.23. The van der Waals surface area contributed by atoms with Gasteiger partial charge in [-0.1, -0.05) is 63.2 Å². The predicted octanol–water partition coefficient (Wildman–Crippen LogP) is 5.40. The molecule has 0 fully saturated rings. The molecule has 0 radical (unpaired) electrons. The van der Waals surface area contributed by atoms with Crippen molar-refractivity contribution in [3.05, 3.63) is 24.8 Å². The number of rotatable bonds is 14. The summed E-state index contributed by atoms with van der Waals surface area (Å²) in [4.78, 5) is 0. The molecular formula is C17H32O. The topological polar surface area (TPSA) is 20.2 Å². The van der Waals surface area contributed by atoms with Crippen LogP contribution >= 0.6 is 0 Å². The van der Waals surface area contributed by atoms with Gasteiger partial charge in [-0.3, -0.25) is 0 Å². The highest BCUT2D eigenvalue weighted by atomic mass is 16.2. The fourth-order valence-corrected chi connectivity index (χ4v) is 2.06. The summed E-state index contributed by atoms with van der Waals surface area (Å²) in [7, 11) is 0. The van der Waals surface area contributed by atoms with Crippen LogP contribution in [0.2, 0.25) is 0 Å². The van der Waals surface area contributed by atoms with Crippen LogP contribution in [0.25, 0.3) is 0 Å². The van der Waals surface area contributed by atoms with Gasteiger partial charge in [-0.15, -0.1) is 6.58 Å². The molecule has 18 heavy (non-hydrogen) atoms. The summed E-state index contributed by atoms with van der Waals surface area (Å²) >= 11 is 0. The average molecular weight is 252 g/mol. The van der Waals surface area contributed by atoms with Gasteiger partial charge in [0.1, 0.15) is 0 Å². The normalized spacial score (nSPS) is 11.2. The molecule has 0 saturated carbocycles. The Hall–Kier alpha value is -0.560. The Kier molecular flexibility index (Phi) is 15.9. The first kappa shape index (κ1) is 17.4. The summed E-state index contributed by atoms with van der Waals surface area (Å²) in [5.41, 5.74) is 0. The third-order valence-corrected chi connectivity index (χ3v) is 3.23. The average Bonchev–Trinajstić information content (AvgIpc) is 2.39. The van der Waals surface area contributed by atoms with Crippen molar-refractivity contribution in [2.75, 3.05) is 6.61 Å². The first-order chi connectivity index (χ1) is 8.91. The molecule has 0 aliphatic carbocycles. The zero-order valence-electron chi connectivity index (χ0n) is 12.1. The number of aliphatic hydroxyl groups is 1. The first-order valence-corrected chi connectivity index (χ1v) is 7.78. The minimum absolute atomic E-state index is 0.361. The lowest BCUT2D eigenvalue weighted by atomic mass is 10.1. The lowest BCUT2D eigenvalue weighted by molar-refractivity contribution is 0.282. The van der Waals surface area contributed by atoms with E-state index in [1.165, 1.54) is 57.8 Å². The first-order valence-electron chi connectivity index (χ1n) is 7.78. The zero-order chi connectivity index (χ0) is 13.3. The standard InChI is InChI=1S/C17H32O/c1-2-3-4-5-6-7-8-9-10-11-12-13-14-15-16-17-18/h2,5-6,18H,1,3-4,7-17H2. The molecule has 0 amide bonds. The molecule has 0 rings (SSSR count). The SMILES string of the molecule is C=CCCC=CCCCCCCCCCCCO. The number of allylic oxidation sites excluding steroid dienone is 3. The molecule has 0 spiro atoms. The van der Waals surface area contributed by atoms with Crippen molar-refractivity contribution in [3.8, 4) is 0 Å². The third kappa shape index (κ3) is 15.4. The van der Waals surface area contributed by atoms with Crippen molar-refractivity contribution >= 4 is 0 Å². The van der Waals surface area contributed by atoms with Gasteiger partial charge in [0.25, 0.3) is 0 Å². The van der Waals surface area contributed by atoms with Crippen LogP contribution in [0, 0.1) is 0 Å². The van der Waals surface area contributed by atoms with Crippen LogP contribution in [-0.4, -0.2) is 11.7 Å². The molecule has 0 saturated heterocycles. The molecule has 1 N–H and O–H groups in total. The molecule has 0 aromatic rings. The minimum atomic E-state index is 0.361. The quantitative estimate of drug-likeness (QED) is 0.324. The zero-order valence-corrected chi connectivity index (χ0v) is 12.1. The van der Waals surface area contributed by atoms with E-state index in [2.05, 4.69) is 18.7 Å². The van der Waals surface area contributed by atoms with E-state index in [0.717, 1.165) is 19.3 Å². The fraction of sp³-hybridized carbons (Fsp3) is 0.765. The Labute approximate surface area is 114 Å². The number of unbranched alkanes of at least 4 members (excludes halogenated alkanes) is 10. The molecule has 0 atom stereocenters. The van der Waals surface area contributed by atoms with Gasteiger partial charge in [0.15, 0.2) is 0 Å². The maximum atomic E-state index is 8.65. The Bertz CT molecular complexity index is 184. The number of hydrogen-bond donors (Lipinski definition) is 1. The van der Waals surface area contributed by atoms with Crippen molar-refractivity contribution in [2.24, 2.45) is 0 Å². The number of hydrogen-bond acceptors (Lipinski definition) is 1. The van der Waals surface area contributed by atoms with E-state index in [1.807, 2.05) is 6.08 Å². The lowest BCUT2D eigenvalue weighted by Crippen LogP contribution is -1.84.